The predicted molar refractivity (Wildman–Crippen MR) is 31.3 cm³/mol. The van der Waals surface area contributed by atoms with Crippen molar-refractivity contribution < 1.29 is 5.06 Å². The number of nitrogens with zero attached hydrogens (tertiary/aromatic N) is 1. The quantitative estimate of drug-likeness (QED) is 0.397. The van der Waals surface area contributed by atoms with E-state index in [0.717, 1.165) is 13.1 Å². The van der Waals surface area contributed by atoms with Crippen LogP contribution in [0.15, 0.2) is 0 Å². The molecule has 0 aromatic carbocycles. The van der Waals surface area contributed by atoms with Gasteiger partial charge in [0.25, 0.3) is 0 Å². The molecule has 2 unspecified atom stereocenters. The molecule has 1 fully saturated rings. The van der Waals surface area contributed by atoms with Crippen LogP contribution in [0.4, 0.5) is 0 Å². The minimum Gasteiger partial charge on any atom is -0.633 e. The van der Waals surface area contributed by atoms with E-state index in [1.165, 1.54) is 0 Å². The molecule has 0 aliphatic carbocycles. The lowest BCUT2D eigenvalue weighted by atomic mass is 10.5. The van der Waals surface area contributed by atoms with Gasteiger partial charge in [-0.25, -0.2) is 0 Å². The number of quaternary nitrogens is 1. The fourth-order valence-corrected chi connectivity index (χ4v) is 0.935. The van der Waals surface area contributed by atoms with Crippen LogP contribution in [0.3, 0.4) is 0 Å². The van der Waals surface area contributed by atoms with Gasteiger partial charge in [0.1, 0.15) is 6.17 Å². The van der Waals surface area contributed by atoms with Gasteiger partial charge in [-0.3, -0.25) is 4.90 Å². The maximum atomic E-state index is 10.7. The van der Waals surface area contributed by atoms with E-state index >= 15 is 0 Å². The summed E-state index contributed by atoms with van der Waals surface area (Å²) in [6.07, 6.45) is 0.176. The first-order valence-corrected chi connectivity index (χ1v) is 2.95. The number of rotatable bonds is 0. The normalized spacial score (nSPS) is 40.9. The van der Waals surface area contributed by atoms with Crippen LogP contribution >= 0.6 is 0 Å². The summed E-state index contributed by atoms with van der Waals surface area (Å²) in [7, 11) is 1.98. The lowest BCUT2D eigenvalue weighted by molar-refractivity contribution is -0.865. The van der Waals surface area contributed by atoms with Crippen molar-refractivity contribution in [1.82, 2.24) is 4.90 Å². The number of nitrogens with one attached hydrogen (secondary N) is 1. The SMILES string of the molecule is CC1N(C)CC[NH+]1[O-]. The topological polar surface area (TPSA) is 30.7 Å². The molecule has 0 radical (unpaired) electrons. The van der Waals surface area contributed by atoms with Crippen LogP contribution in [0.1, 0.15) is 6.92 Å². The zero-order valence-corrected chi connectivity index (χ0v) is 5.35. The van der Waals surface area contributed by atoms with Crippen molar-refractivity contribution >= 4 is 0 Å². The number of hydrogen-bond donors (Lipinski definition) is 1. The van der Waals surface area contributed by atoms with E-state index in [1.807, 2.05) is 14.0 Å². The van der Waals surface area contributed by atoms with Gasteiger partial charge < -0.3 is 10.3 Å². The molecule has 0 aromatic heterocycles. The molecule has 1 heterocycles. The second kappa shape index (κ2) is 2.01. The highest BCUT2D eigenvalue weighted by Gasteiger charge is 2.22. The second-order valence-corrected chi connectivity index (χ2v) is 2.37. The highest BCUT2D eigenvalue weighted by atomic mass is 16.5. The molecule has 1 aliphatic rings. The maximum Gasteiger partial charge on any atom is 0.140 e. The Morgan fingerprint density at radius 2 is 2.38 bits per heavy atom. The fraction of sp³-hybridized carbons (Fsp3) is 1.00. The first-order valence-electron chi connectivity index (χ1n) is 2.95. The Morgan fingerprint density at radius 3 is 2.50 bits per heavy atom. The monoisotopic (exact) mass is 116 g/mol. The summed E-state index contributed by atoms with van der Waals surface area (Å²) < 4.78 is 0. The molecule has 8 heavy (non-hydrogen) atoms. The van der Waals surface area contributed by atoms with Crippen LogP contribution in [-0.2, 0) is 0 Å². The van der Waals surface area contributed by atoms with E-state index in [1.54, 1.807) is 0 Å². The highest BCUT2D eigenvalue weighted by molar-refractivity contribution is 4.57. The molecule has 0 aromatic rings. The van der Waals surface area contributed by atoms with Gasteiger partial charge >= 0.3 is 0 Å². The Kier molecular flexibility index (Phi) is 1.51. The lowest BCUT2D eigenvalue weighted by Gasteiger charge is -2.22. The van der Waals surface area contributed by atoms with E-state index in [2.05, 4.69) is 4.90 Å². The van der Waals surface area contributed by atoms with Gasteiger partial charge in [0.05, 0.1) is 13.1 Å². The van der Waals surface area contributed by atoms with E-state index < -0.39 is 0 Å². The smallest absolute Gasteiger partial charge is 0.140 e. The van der Waals surface area contributed by atoms with Crippen molar-refractivity contribution in [2.75, 3.05) is 20.1 Å². The molecule has 0 amide bonds. The van der Waals surface area contributed by atoms with Gasteiger partial charge in [0.2, 0.25) is 0 Å². The Labute approximate surface area is 49.5 Å². The van der Waals surface area contributed by atoms with E-state index in [0.29, 0.717) is 5.06 Å². The van der Waals surface area contributed by atoms with Gasteiger partial charge in [-0.2, -0.15) is 0 Å². The zero-order valence-electron chi connectivity index (χ0n) is 5.35. The third-order valence-electron chi connectivity index (χ3n) is 1.84. The Morgan fingerprint density at radius 1 is 1.75 bits per heavy atom. The summed E-state index contributed by atoms with van der Waals surface area (Å²) in [6.45, 7) is 3.65. The molecule has 1 saturated heterocycles. The lowest BCUT2D eigenvalue weighted by Crippen LogP contribution is -3.09. The van der Waals surface area contributed by atoms with Crippen LogP contribution in [0.2, 0.25) is 0 Å². The summed E-state index contributed by atoms with van der Waals surface area (Å²) >= 11 is 0. The molecule has 3 heteroatoms. The third kappa shape index (κ3) is 0.844. The molecule has 1 N–H and O–H groups in total. The van der Waals surface area contributed by atoms with Crippen molar-refractivity contribution in [3.63, 3.8) is 0 Å². The molecule has 1 rings (SSSR count). The molecular weight excluding hydrogens is 104 g/mol. The molecule has 1 aliphatic heterocycles. The van der Waals surface area contributed by atoms with Gasteiger partial charge in [0.15, 0.2) is 0 Å². The minimum atomic E-state index is 0.176. The van der Waals surface area contributed by atoms with E-state index in [4.69, 9.17) is 0 Å². The summed E-state index contributed by atoms with van der Waals surface area (Å²) in [5.41, 5.74) is 0. The molecule has 0 bridgehead atoms. The average Bonchev–Trinajstić information content (AvgIpc) is 1.98. The van der Waals surface area contributed by atoms with Crippen molar-refractivity contribution in [2.45, 2.75) is 13.1 Å². The van der Waals surface area contributed by atoms with E-state index in [-0.39, 0.29) is 6.17 Å². The fourth-order valence-electron chi connectivity index (χ4n) is 0.935. The van der Waals surface area contributed by atoms with Gasteiger partial charge in [-0.1, -0.05) is 0 Å². The molecular formula is C5H12N2O. The van der Waals surface area contributed by atoms with Crippen LogP contribution in [-0.4, -0.2) is 31.2 Å². The highest BCUT2D eigenvalue weighted by Crippen LogP contribution is 1.89. The summed E-state index contributed by atoms with van der Waals surface area (Å²) in [5.74, 6) is 0. The van der Waals surface area contributed by atoms with Crippen LogP contribution in [0, 0.1) is 5.21 Å². The van der Waals surface area contributed by atoms with Gasteiger partial charge in [-0.05, 0) is 7.05 Å². The molecule has 0 spiro atoms. The van der Waals surface area contributed by atoms with Crippen molar-refractivity contribution in [3.05, 3.63) is 5.21 Å². The zero-order chi connectivity index (χ0) is 6.15. The van der Waals surface area contributed by atoms with E-state index in [9.17, 15) is 5.21 Å². The average molecular weight is 116 g/mol. The summed E-state index contributed by atoms with van der Waals surface area (Å²) in [4.78, 5) is 2.07. The van der Waals surface area contributed by atoms with Crippen LogP contribution in [0.5, 0.6) is 0 Å². The van der Waals surface area contributed by atoms with Gasteiger partial charge in [0, 0.05) is 6.92 Å². The van der Waals surface area contributed by atoms with Crippen molar-refractivity contribution in [2.24, 2.45) is 0 Å². The number of hydrogen-bond acceptors (Lipinski definition) is 2. The van der Waals surface area contributed by atoms with Crippen molar-refractivity contribution in [3.8, 4) is 0 Å². The third-order valence-corrected chi connectivity index (χ3v) is 1.84. The van der Waals surface area contributed by atoms with Crippen LogP contribution < -0.4 is 5.06 Å². The Hall–Kier alpha value is -0.120. The first kappa shape index (κ1) is 6.01. The summed E-state index contributed by atoms with van der Waals surface area (Å²) in [5, 5.41) is 11.1. The van der Waals surface area contributed by atoms with Crippen LogP contribution in [0.25, 0.3) is 0 Å². The summed E-state index contributed by atoms with van der Waals surface area (Å²) in [6, 6.07) is 0. The Balaban J connectivity index is 2.44. The number of hydroxylamine groups is 2. The standard InChI is InChI=1S/C5H12N2O/c1-5-6(2)3-4-7(5)8/h5,7H,3-4H2,1-2H3. The molecule has 0 saturated carbocycles. The molecule has 48 valence electrons. The largest absolute Gasteiger partial charge is 0.633 e. The minimum absolute atomic E-state index is 0.176. The predicted octanol–water partition coefficient (Wildman–Crippen LogP) is -1.34. The maximum absolute atomic E-state index is 10.7. The number of likely N-dealkylation sites (N-methyl/N-ethyl adjacent to an activating group) is 1. The Bertz CT molecular complexity index is 76.5. The van der Waals surface area contributed by atoms with Gasteiger partial charge in [-0.15, -0.1) is 0 Å². The second-order valence-electron chi connectivity index (χ2n) is 2.37. The molecule has 2 atom stereocenters. The first-order chi connectivity index (χ1) is 3.72. The van der Waals surface area contributed by atoms with Crippen molar-refractivity contribution in [1.29, 1.82) is 0 Å². The molecule has 3 nitrogen and oxygen atoms in total.